The van der Waals surface area contributed by atoms with Crippen molar-refractivity contribution in [3.8, 4) is 0 Å². The molecule has 154 valence electrons. The zero-order valence-corrected chi connectivity index (χ0v) is 17.3. The maximum absolute atomic E-state index is 13.2. The lowest BCUT2D eigenvalue weighted by molar-refractivity contribution is 0.114. The van der Waals surface area contributed by atoms with Crippen LogP contribution in [0.1, 0.15) is 31.2 Å². The molecular weight excluding hydrogens is 386 g/mol. The van der Waals surface area contributed by atoms with Crippen molar-refractivity contribution >= 4 is 16.1 Å². The van der Waals surface area contributed by atoms with Crippen LogP contribution in [0.2, 0.25) is 0 Å². The predicted octanol–water partition coefficient (Wildman–Crippen LogP) is 3.22. The van der Waals surface area contributed by atoms with Crippen molar-refractivity contribution in [2.75, 3.05) is 19.6 Å². The molecule has 1 N–H and O–H groups in total. The second-order valence-corrected chi connectivity index (χ2v) is 9.71. The van der Waals surface area contributed by atoms with Crippen molar-refractivity contribution in [3.63, 3.8) is 0 Å². The molecule has 2 heterocycles. The third-order valence-electron chi connectivity index (χ3n) is 6.13. The maximum Gasteiger partial charge on any atom is 0.317 e. The van der Waals surface area contributed by atoms with Crippen molar-refractivity contribution in [3.05, 3.63) is 66.2 Å². The fraction of sp³-hybridized carbons (Fsp3) is 0.409. The Morgan fingerprint density at radius 3 is 2.17 bits per heavy atom. The predicted molar refractivity (Wildman–Crippen MR) is 112 cm³/mol. The van der Waals surface area contributed by atoms with E-state index in [2.05, 4.69) is 5.32 Å². The third-order valence-corrected chi connectivity index (χ3v) is 8.15. The van der Waals surface area contributed by atoms with Crippen LogP contribution in [0.5, 0.6) is 0 Å². The SMILES string of the molecule is O=C(NCc1ccccc1)N1CCC2(CCCN2S(=O)(=O)c2ccccc2)CC1. The molecule has 0 aromatic heterocycles. The molecule has 4 rings (SSSR count). The Labute approximate surface area is 172 Å². The first kappa shape index (κ1) is 19.9. The van der Waals surface area contributed by atoms with Crippen LogP contribution >= 0.6 is 0 Å². The van der Waals surface area contributed by atoms with E-state index in [9.17, 15) is 13.2 Å². The molecule has 2 aromatic rings. The summed E-state index contributed by atoms with van der Waals surface area (Å²) in [4.78, 5) is 14.7. The van der Waals surface area contributed by atoms with E-state index >= 15 is 0 Å². The van der Waals surface area contributed by atoms with E-state index in [4.69, 9.17) is 0 Å². The Morgan fingerprint density at radius 1 is 0.897 bits per heavy atom. The minimum atomic E-state index is -3.52. The molecule has 2 aliphatic rings. The van der Waals surface area contributed by atoms with Crippen molar-refractivity contribution in [1.29, 1.82) is 0 Å². The Bertz CT molecular complexity index is 940. The highest BCUT2D eigenvalue weighted by Crippen LogP contribution is 2.41. The molecule has 1 spiro atoms. The number of amides is 2. The van der Waals surface area contributed by atoms with E-state index in [-0.39, 0.29) is 11.6 Å². The summed E-state index contributed by atoms with van der Waals surface area (Å²) in [5, 5.41) is 2.97. The molecule has 2 fully saturated rings. The van der Waals surface area contributed by atoms with Crippen LogP contribution < -0.4 is 5.32 Å². The van der Waals surface area contributed by atoms with Crippen molar-refractivity contribution < 1.29 is 13.2 Å². The Balaban J connectivity index is 1.40. The Hall–Kier alpha value is -2.38. The number of hydrogen-bond donors (Lipinski definition) is 1. The molecule has 0 saturated carbocycles. The lowest BCUT2D eigenvalue weighted by Gasteiger charge is -2.44. The molecule has 2 aromatic carbocycles. The second-order valence-electron chi connectivity index (χ2n) is 7.85. The molecule has 0 atom stereocenters. The third kappa shape index (κ3) is 4.02. The van der Waals surface area contributed by atoms with Gasteiger partial charge in [0.15, 0.2) is 0 Å². The molecule has 2 saturated heterocycles. The summed E-state index contributed by atoms with van der Waals surface area (Å²) in [6, 6.07) is 18.4. The van der Waals surface area contributed by atoms with Gasteiger partial charge in [0.05, 0.1) is 4.90 Å². The monoisotopic (exact) mass is 413 g/mol. The van der Waals surface area contributed by atoms with Crippen LogP contribution in [-0.2, 0) is 16.6 Å². The van der Waals surface area contributed by atoms with Crippen LogP contribution in [0.4, 0.5) is 4.79 Å². The molecule has 0 unspecified atom stereocenters. The number of nitrogens with zero attached hydrogens (tertiary/aromatic N) is 2. The second kappa shape index (κ2) is 8.16. The maximum atomic E-state index is 13.2. The van der Waals surface area contributed by atoms with Gasteiger partial charge in [0.1, 0.15) is 0 Å². The highest BCUT2D eigenvalue weighted by molar-refractivity contribution is 7.89. The number of hydrogen-bond acceptors (Lipinski definition) is 3. The van der Waals surface area contributed by atoms with Gasteiger partial charge in [-0.3, -0.25) is 0 Å². The van der Waals surface area contributed by atoms with E-state index in [1.54, 1.807) is 33.5 Å². The van der Waals surface area contributed by atoms with Crippen LogP contribution in [0, 0.1) is 0 Å². The van der Waals surface area contributed by atoms with Gasteiger partial charge in [0, 0.05) is 31.7 Å². The number of rotatable bonds is 4. The van der Waals surface area contributed by atoms with E-state index in [0.717, 1.165) is 18.4 Å². The van der Waals surface area contributed by atoms with E-state index in [1.165, 1.54) is 0 Å². The van der Waals surface area contributed by atoms with Crippen molar-refractivity contribution in [2.24, 2.45) is 0 Å². The summed E-state index contributed by atoms with van der Waals surface area (Å²) in [6.07, 6.45) is 3.08. The highest BCUT2D eigenvalue weighted by Gasteiger charge is 2.49. The average Bonchev–Trinajstić information content (AvgIpc) is 3.18. The topological polar surface area (TPSA) is 69.7 Å². The zero-order valence-electron chi connectivity index (χ0n) is 16.5. The molecule has 0 aliphatic carbocycles. The highest BCUT2D eigenvalue weighted by atomic mass is 32.2. The van der Waals surface area contributed by atoms with Gasteiger partial charge in [0.2, 0.25) is 10.0 Å². The van der Waals surface area contributed by atoms with Gasteiger partial charge >= 0.3 is 6.03 Å². The van der Waals surface area contributed by atoms with Gasteiger partial charge in [-0.05, 0) is 43.4 Å². The molecular formula is C22H27N3O3S. The summed E-state index contributed by atoms with van der Waals surface area (Å²) in [6.45, 7) is 2.19. The fourth-order valence-electron chi connectivity index (χ4n) is 4.52. The number of nitrogens with one attached hydrogen (secondary N) is 1. The summed E-state index contributed by atoms with van der Waals surface area (Å²) in [7, 11) is -3.52. The van der Waals surface area contributed by atoms with E-state index in [1.807, 2.05) is 36.4 Å². The molecule has 2 aliphatic heterocycles. The standard InChI is InChI=1S/C22H27N3O3S/c26-21(23-18-19-8-3-1-4-9-19)24-16-13-22(14-17-24)12-7-15-25(22)29(27,28)20-10-5-2-6-11-20/h1-6,8-11H,7,12-18H2,(H,23,26). The zero-order chi connectivity index (χ0) is 20.3. The smallest absolute Gasteiger partial charge is 0.317 e. The van der Waals surface area contributed by atoms with Crippen molar-refractivity contribution in [1.82, 2.24) is 14.5 Å². The number of carbonyl (C=O) groups excluding carboxylic acids is 1. The number of carbonyl (C=O) groups is 1. The lowest BCUT2D eigenvalue weighted by atomic mass is 9.86. The minimum absolute atomic E-state index is 0.0841. The molecule has 0 bridgehead atoms. The normalized spacial score (nSPS) is 19.4. The largest absolute Gasteiger partial charge is 0.334 e. The Kier molecular flexibility index (Phi) is 5.61. The van der Waals surface area contributed by atoms with Gasteiger partial charge < -0.3 is 10.2 Å². The van der Waals surface area contributed by atoms with E-state index < -0.39 is 10.0 Å². The van der Waals surface area contributed by atoms with Crippen LogP contribution in [-0.4, -0.2) is 48.8 Å². The summed E-state index contributed by atoms with van der Waals surface area (Å²) in [5.74, 6) is 0. The first-order valence-electron chi connectivity index (χ1n) is 10.2. The molecule has 2 amide bonds. The van der Waals surface area contributed by atoms with Gasteiger partial charge in [-0.1, -0.05) is 48.5 Å². The van der Waals surface area contributed by atoms with E-state index in [0.29, 0.717) is 43.9 Å². The van der Waals surface area contributed by atoms with Gasteiger partial charge in [-0.2, -0.15) is 4.31 Å². The number of likely N-dealkylation sites (tertiary alicyclic amines) is 1. The van der Waals surface area contributed by atoms with Crippen LogP contribution in [0.25, 0.3) is 0 Å². The molecule has 29 heavy (non-hydrogen) atoms. The van der Waals surface area contributed by atoms with Gasteiger partial charge in [-0.25, -0.2) is 13.2 Å². The lowest BCUT2D eigenvalue weighted by Crippen LogP contribution is -2.56. The summed E-state index contributed by atoms with van der Waals surface area (Å²) < 4.78 is 28.1. The number of benzene rings is 2. The van der Waals surface area contributed by atoms with Crippen LogP contribution in [0.15, 0.2) is 65.6 Å². The van der Waals surface area contributed by atoms with Gasteiger partial charge in [-0.15, -0.1) is 0 Å². The number of urea groups is 1. The number of piperidine rings is 1. The average molecular weight is 414 g/mol. The van der Waals surface area contributed by atoms with Crippen LogP contribution in [0.3, 0.4) is 0 Å². The summed E-state index contributed by atoms with van der Waals surface area (Å²) in [5.41, 5.74) is 0.690. The number of sulfonamides is 1. The fourth-order valence-corrected chi connectivity index (χ4v) is 6.43. The first-order chi connectivity index (χ1) is 14.0. The molecule has 6 nitrogen and oxygen atoms in total. The molecule has 7 heteroatoms. The van der Waals surface area contributed by atoms with Gasteiger partial charge in [0.25, 0.3) is 0 Å². The first-order valence-corrected chi connectivity index (χ1v) is 11.6. The van der Waals surface area contributed by atoms with Crippen molar-refractivity contribution in [2.45, 2.75) is 42.7 Å². The minimum Gasteiger partial charge on any atom is -0.334 e. The summed E-state index contributed by atoms with van der Waals surface area (Å²) >= 11 is 0. The molecule has 0 radical (unpaired) electrons. The quantitative estimate of drug-likeness (QED) is 0.837. The Morgan fingerprint density at radius 2 is 1.52 bits per heavy atom.